The lowest BCUT2D eigenvalue weighted by molar-refractivity contribution is 0.0725. The molecule has 0 radical (unpaired) electrons. The summed E-state index contributed by atoms with van der Waals surface area (Å²) in [5.74, 6) is 0.722. The van der Waals surface area contributed by atoms with Gasteiger partial charge in [-0.1, -0.05) is 6.08 Å². The summed E-state index contributed by atoms with van der Waals surface area (Å²) in [4.78, 5) is 24.9. The predicted octanol–water partition coefficient (Wildman–Crippen LogP) is 1.97. The number of ether oxygens (including phenoxy) is 2. The normalized spacial score (nSPS) is 18.3. The summed E-state index contributed by atoms with van der Waals surface area (Å²) in [6.07, 6.45) is 2.05. The number of thiophene rings is 1. The van der Waals surface area contributed by atoms with E-state index in [9.17, 15) is 13.2 Å². The molecule has 1 amide bonds. The highest BCUT2D eigenvalue weighted by Gasteiger charge is 2.36. The van der Waals surface area contributed by atoms with Gasteiger partial charge in [-0.15, -0.1) is 17.9 Å². The van der Waals surface area contributed by atoms with Crippen LogP contribution in [0.2, 0.25) is 0 Å². The summed E-state index contributed by atoms with van der Waals surface area (Å²) in [6.45, 7) is 6.05. The minimum Gasteiger partial charge on any atom is -0.480 e. The Hall–Kier alpha value is -2.04. The molecule has 0 aromatic carbocycles. The van der Waals surface area contributed by atoms with Crippen LogP contribution in [-0.4, -0.2) is 67.5 Å². The first kappa shape index (κ1) is 20.7. The lowest BCUT2D eigenvalue weighted by atomic mass is 10.1. The average molecular weight is 426 g/mol. The number of carbonyl (C=O) groups is 1. The van der Waals surface area contributed by atoms with Crippen molar-refractivity contribution >= 4 is 37.3 Å². The fourth-order valence-electron chi connectivity index (χ4n) is 3.38. The topological polar surface area (TPSA) is 98.7 Å². The zero-order valence-electron chi connectivity index (χ0n) is 16.1. The van der Waals surface area contributed by atoms with Gasteiger partial charge in [0.2, 0.25) is 5.88 Å². The Morgan fingerprint density at radius 1 is 1.39 bits per heavy atom. The second-order valence-corrected chi connectivity index (χ2v) is 9.85. The maximum Gasteiger partial charge on any atom is 0.264 e. The molecule has 1 saturated heterocycles. The molecule has 0 saturated carbocycles. The van der Waals surface area contributed by atoms with Crippen molar-refractivity contribution in [2.75, 3.05) is 32.3 Å². The number of hydrogen-bond acceptors (Lipinski definition) is 8. The molecule has 3 heterocycles. The standard InChI is InChI=1S/C18H23N3O5S2/c1-5-7-21(12-6-8-28(23,24)10-12)18(22)15-11(2)14-16(26-4)19-13(9-25-3)20-17(14)27-15/h5,12H,1,6-10H2,2-4H3. The van der Waals surface area contributed by atoms with Gasteiger partial charge in [0, 0.05) is 19.7 Å². The van der Waals surface area contributed by atoms with Crippen molar-refractivity contribution < 1.29 is 22.7 Å². The maximum atomic E-state index is 13.3. The molecule has 1 unspecified atom stereocenters. The van der Waals surface area contributed by atoms with Crippen LogP contribution in [0.4, 0.5) is 0 Å². The van der Waals surface area contributed by atoms with Crippen molar-refractivity contribution in [3.63, 3.8) is 0 Å². The van der Waals surface area contributed by atoms with Gasteiger partial charge in [0.25, 0.3) is 5.91 Å². The van der Waals surface area contributed by atoms with E-state index < -0.39 is 9.84 Å². The third kappa shape index (κ3) is 3.89. The molecule has 0 bridgehead atoms. The van der Waals surface area contributed by atoms with E-state index in [0.717, 1.165) is 5.56 Å². The number of fused-ring (bicyclic) bond motifs is 1. The van der Waals surface area contributed by atoms with Crippen molar-refractivity contribution in [2.45, 2.75) is 26.0 Å². The number of nitrogens with zero attached hydrogens (tertiary/aromatic N) is 3. The van der Waals surface area contributed by atoms with Gasteiger partial charge in [-0.25, -0.2) is 13.4 Å². The lowest BCUT2D eigenvalue weighted by Crippen LogP contribution is -2.41. The van der Waals surface area contributed by atoms with Crippen LogP contribution in [0.25, 0.3) is 10.2 Å². The molecule has 28 heavy (non-hydrogen) atoms. The highest BCUT2D eigenvalue weighted by molar-refractivity contribution is 7.91. The second kappa shape index (κ2) is 8.14. The summed E-state index contributed by atoms with van der Waals surface area (Å²) < 4.78 is 34.3. The number of methoxy groups -OCH3 is 2. The fourth-order valence-corrected chi connectivity index (χ4v) is 6.26. The van der Waals surface area contributed by atoms with Crippen LogP contribution in [0.3, 0.4) is 0 Å². The van der Waals surface area contributed by atoms with Gasteiger partial charge >= 0.3 is 0 Å². The molecule has 152 valence electrons. The van der Waals surface area contributed by atoms with E-state index in [2.05, 4.69) is 16.5 Å². The summed E-state index contributed by atoms with van der Waals surface area (Å²) in [7, 11) is -0.0416. The molecule has 1 aliphatic rings. The average Bonchev–Trinajstić information content (AvgIpc) is 3.18. The molecule has 1 atom stereocenters. The monoisotopic (exact) mass is 425 g/mol. The van der Waals surface area contributed by atoms with E-state index in [1.165, 1.54) is 18.4 Å². The van der Waals surface area contributed by atoms with Crippen molar-refractivity contribution in [3.05, 3.63) is 28.9 Å². The summed E-state index contributed by atoms with van der Waals surface area (Å²) in [6, 6.07) is -0.350. The van der Waals surface area contributed by atoms with Crippen molar-refractivity contribution in [1.29, 1.82) is 0 Å². The molecule has 0 aliphatic carbocycles. The summed E-state index contributed by atoms with van der Waals surface area (Å²) in [5.41, 5.74) is 0.723. The van der Waals surface area contributed by atoms with E-state index in [1.54, 1.807) is 18.1 Å². The first-order valence-electron chi connectivity index (χ1n) is 8.76. The fraction of sp³-hybridized carbons (Fsp3) is 0.500. The Morgan fingerprint density at radius 3 is 2.71 bits per heavy atom. The molecule has 1 fully saturated rings. The van der Waals surface area contributed by atoms with E-state index in [1.807, 2.05) is 6.92 Å². The van der Waals surface area contributed by atoms with Gasteiger partial charge in [-0.2, -0.15) is 4.98 Å². The Kier molecular flexibility index (Phi) is 6.01. The minimum atomic E-state index is -3.11. The third-order valence-corrected chi connectivity index (χ3v) is 7.62. The molecular formula is C18H23N3O5S2. The van der Waals surface area contributed by atoms with E-state index in [-0.39, 0.29) is 36.6 Å². The van der Waals surface area contributed by atoms with Crippen LogP contribution in [0.1, 0.15) is 27.5 Å². The number of hydrogen-bond donors (Lipinski definition) is 0. The summed E-state index contributed by atoms with van der Waals surface area (Å²) >= 11 is 1.25. The Bertz CT molecular complexity index is 1020. The molecule has 3 rings (SSSR count). The van der Waals surface area contributed by atoms with Crippen LogP contribution in [-0.2, 0) is 21.2 Å². The smallest absolute Gasteiger partial charge is 0.264 e. The van der Waals surface area contributed by atoms with Crippen LogP contribution >= 0.6 is 11.3 Å². The first-order chi connectivity index (χ1) is 13.3. The molecule has 10 heteroatoms. The maximum absolute atomic E-state index is 13.3. The van der Waals surface area contributed by atoms with Crippen LogP contribution in [0.15, 0.2) is 12.7 Å². The van der Waals surface area contributed by atoms with E-state index in [4.69, 9.17) is 9.47 Å². The molecule has 1 aliphatic heterocycles. The number of amides is 1. The lowest BCUT2D eigenvalue weighted by Gasteiger charge is -2.26. The van der Waals surface area contributed by atoms with Crippen molar-refractivity contribution in [2.24, 2.45) is 0 Å². The quantitative estimate of drug-likeness (QED) is 0.626. The number of carbonyl (C=O) groups excluding carboxylic acids is 1. The van der Waals surface area contributed by atoms with Gasteiger partial charge < -0.3 is 14.4 Å². The second-order valence-electron chi connectivity index (χ2n) is 6.62. The Morgan fingerprint density at radius 2 is 2.14 bits per heavy atom. The van der Waals surface area contributed by atoms with Crippen molar-refractivity contribution in [3.8, 4) is 5.88 Å². The van der Waals surface area contributed by atoms with E-state index in [0.29, 0.717) is 33.2 Å². The Balaban J connectivity index is 2.04. The van der Waals surface area contributed by atoms with Crippen LogP contribution in [0, 0.1) is 6.92 Å². The molecule has 8 nitrogen and oxygen atoms in total. The van der Waals surface area contributed by atoms with Crippen LogP contribution in [0.5, 0.6) is 5.88 Å². The molecule has 2 aromatic heterocycles. The summed E-state index contributed by atoms with van der Waals surface area (Å²) in [5, 5.41) is 0.688. The van der Waals surface area contributed by atoms with Gasteiger partial charge in [0.05, 0.1) is 28.9 Å². The minimum absolute atomic E-state index is 0.0162. The highest BCUT2D eigenvalue weighted by Crippen LogP contribution is 2.36. The Labute approximate surface area is 168 Å². The third-order valence-electron chi connectivity index (χ3n) is 4.70. The van der Waals surface area contributed by atoms with Crippen LogP contribution < -0.4 is 4.74 Å². The number of aromatic nitrogens is 2. The van der Waals surface area contributed by atoms with Gasteiger partial charge in [-0.3, -0.25) is 4.79 Å². The van der Waals surface area contributed by atoms with Gasteiger partial charge in [-0.05, 0) is 18.9 Å². The SMILES string of the molecule is C=CCN(C(=O)c1sc2nc(COC)nc(OC)c2c1C)C1CCS(=O)(=O)C1. The number of aryl methyl sites for hydroxylation is 1. The largest absolute Gasteiger partial charge is 0.480 e. The molecular weight excluding hydrogens is 402 g/mol. The zero-order chi connectivity index (χ0) is 20.5. The zero-order valence-corrected chi connectivity index (χ0v) is 17.7. The first-order valence-corrected chi connectivity index (χ1v) is 11.4. The molecule has 0 N–H and O–H groups in total. The predicted molar refractivity (Wildman–Crippen MR) is 108 cm³/mol. The van der Waals surface area contributed by atoms with Gasteiger partial charge in [0.1, 0.15) is 11.4 Å². The number of rotatable bonds is 7. The molecule has 0 spiro atoms. The van der Waals surface area contributed by atoms with E-state index >= 15 is 0 Å². The van der Waals surface area contributed by atoms with Crippen molar-refractivity contribution in [1.82, 2.24) is 14.9 Å². The molecule has 2 aromatic rings. The van der Waals surface area contributed by atoms with Gasteiger partial charge in [0.15, 0.2) is 15.7 Å². The number of sulfone groups is 1. The highest BCUT2D eigenvalue weighted by atomic mass is 32.2.